The third kappa shape index (κ3) is 2.41. The van der Waals surface area contributed by atoms with Crippen molar-refractivity contribution in [1.82, 2.24) is 15.3 Å². The van der Waals surface area contributed by atoms with Crippen LogP contribution in [-0.2, 0) is 6.42 Å². The van der Waals surface area contributed by atoms with Crippen LogP contribution in [0.4, 0.5) is 0 Å². The molecule has 0 fully saturated rings. The van der Waals surface area contributed by atoms with Gasteiger partial charge in [0.25, 0.3) is 0 Å². The Morgan fingerprint density at radius 3 is 2.73 bits per heavy atom. The average Bonchev–Trinajstić information content (AvgIpc) is 2.80. The Kier molecular flexibility index (Phi) is 3.09. The number of hydrogen-bond acceptors (Lipinski definition) is 4. The molecule has 0 aromatic carbocycles. The Labute approximate surface area is 88.4 Å². The van der Waals surface area contributed by atoms with Crippen molar-refractivity contribution < 1.29 is 4.42 Å². The van der Waals surface area contributed by atoms with E-state index < -0.39 is 0 Å². The van der Waals surface area contributed by atoms with Crippen LogP contribution < -0.4 is 5.32 Å². The summed E-state index contributed by atoms with van der Waals surface area (Å²) >= 11 is 0. The molecular formula is C11H13N3O. The first-order valence-corrected chi connectivity index (χ1v) is 4.86. The lowest BCUT2D eigenvalue weighted by Crippen LogP contribution is -2.20. The number of furan rings is 1. The molecule has 2 aromatic heterocycles. The van der Waals surface area contributed by atoms with Gasteiger partial charge in [-0.15, -0.1) is 0 Å². The summed E-state index contributed by atoms with van der Waals surface area (Å²) in [5.41, 5.74) is 0. The predicted molar refractivity (Wildman–Crippen MR) is 56.2 cm³/mol. The van der Waals surface area contributed by atoms with Gasteiger partial charge in [-0.3, -0.25) is 0 Å². The summed E-state index contributed by atoms with van der Waals surface area (Å²) in [5, 5.41) is 3.17. The highest BCUT2D eigenvalue weighted by Gasteiger charge is 2.13. The van der Waals surface area contributed by atoms with Crippen LogP contribution in [-0.4, -0.2) is 17.0 Å². The van der Waals surface area contributed by atoms with Crippen LogP contribution in [0.1, 0.15) is 17.6 Å². The van der Waals surface area contributed by atoms with Crippen LogP contribution in [0.15, 0.2) is 41.3 Å². The average molecular weight is 203 g/mol. The van der Waals surface area contributed by atoms with Crippen molar-refractivity contribution in [1.29, 1.82) is 0 Å². The molecule has 4 heteroatoms. The van der Waals surface area contributed by atoms with E-state index in [1.165, 1.54) is 0 Å². The molecule has 0 radical (unpaired) electrons. The number of aromatic nitrogens is 2. The molecule has 0 amide bonds. The minimum absolute atomic E-state index is 0.0948. The first kappa shape index (κ1) is 9.86. The molecule has 0 bridgehead atoms. The molecule has 0 aliphatic carbocycles. The lowest BCUT2D eigenvalue weighted by molar-refractivity contribution is 0.456. The van der Waals surface area contributed by atoms with Gasteiger partial charge < -0.3 is 9.73 Å². The van der Waals surface area contributed by atoms with Crippen LogP contribution in [0.5, 0.6) is 0 Å². The van der Waals surface area contributed by atoms with Gasteiger partial charge in [-0.05, 0) is 25.2 Å². The molecule has 1 unspecified atom stereocenters. The second kappa shape index (κ2) is 4.70. The van der Waals surface area contributed by atoms with Crippen molar-refractivity contribution in [3.8, 4) is 0 Å². The van der Waals surface area contributed by atoms with Crippen molar-refractivity contribution in [2.75, 3.05) is 7.05 Å². The predicted octanol–water partition coefficient (Wildman–Crippen LogP) is 1.57. The number of rotatable bonds is 4. The Balaban J connectivity index is 2.12. The van der Waals surface area contributed by atoms with Crippen molar-refractivity contribution in [3.63, 3.8) is 0 Å². The molecule has 0 aliphatic heterocycles. The van der Waals surface area contributed by atoms with Crippen molar-refractivity contribution in [2.45, 2.75) is 12.5 Å². The van der Waals surface area contributed by atoms with Crippen LogP contribution >= 0.6 is 0 Å². The van der Waals surface area contributed by atoms with Crippen molar-refractivity contribution in [3.05, 3.63) is 48.4 Å². The molecular weight excluding hydrogens is 190 g/mol. The summed E-state index contributed by atoms with van der Waals surface area (Å²) in [5.74, 6) is 1.72. The van der Waals surface area contributed by atoms with Gasteiger partial charge in [-0.25, -0.2) is 9.97 Å². The summed E-state index contributed by atoms with van der Waals surface area (Å²) in [4.78, 5) is 8.43. The summed E-state index contributed by atoms with van der Waals surface area (Å²) < 4.78 is 5.29. The molecule has 78 valence electrons. The van der Waals surface area contributed by atoms with E-state index in [4.69, 9.17) is 4.42 Å². The molecule has 15 heavy (non-hydrogen) atoms. The molecule has 2 aromatic rings. The fourth-order valence-electron chi connectivity index (χ4n) is 1.44. The van der Waals surface area contributed by atoms with Crippen LogP contribution in [0.3, 0.4) is 0 Å². The highest BCUT2D eigenvalue weighted by molar-refractivity contribution is 5.05. The van der Waals surface area contributed by atoms with Crippen molar-refractivity contribution in [2.24, 2.45) is 0 Å². The second-order valence-electron chi connectivity index (χ2n) is 3.23. The first-order chi connectivity index (χ1) is 7.40. The van der Waals surface area contributed by atoms with E-state index in [2.05, 4.69) is 15.3 Å². The lowest BCUT2D eigenvalue weighted by atomic mass is 10.1. The zero-order chi connectivity index (χ0) is 10.5. The molecule has 1 atom stereocenters. The van der Waals surface area contributed by atoms with E-state index in [9.17, 15) is 0 Å². The zero-order valence-corrected chi connectivity index (χ0v) is 8.55. The monoisotopic (exact) mass is 203 g/mol. The highest BCUT2D eigenvalue weighted by Crippen LogP contribution is 2.14. The largest absolute Gasteiger partial charge is 0.469 e. The van der Waals surface area contributed by atoms with Crippen LogP contribution in [0, 0.1) is 0 Å². The highest BCUT2D eigenvalue weighted by atomic mass is 16.3. The van der Waals surface area contributed by atoms with E-state index in [0.717, 1.165) is 18.0 Å². The van der Waals surface area contributed by atoms with E-state index in [1.54, 1.807) is 18.7 Å². The Morgan fingerprint density at radius 1 is 1.33 bits per heavy atom. The fraction of sp³-hybridized carbons (Fsp3) is 0.273. The zero-order valence-electron chi connectivity index (χ0n) is 8.55. The number of nitrogens with zero attached hydrogens (tertiary/aromatic N) is 2. The van der Waals surface area contributed by atoms with Gasteiger partial charge in [0.2, 0.25) is 0 Å². The first-order valence-electron chi connectivity index (χ1n) is 4.86. The van der Waals surface area contributed by atoms with E-state index in [0.29, 0.717) is 0 Å². The molecule has 0 spiro atoms. The molecule has 2 rings (SSSR count). The third-order valence-electron chi connectivity index (χ3n) is 2.23. The number of nitrogens with one attached hydrogen (secondary N) is 1. The minimum Gasteiger partial charge on any atom is -0.469 e. The van der Waals surface area contributed by atoms with E-state index >= 15 is 0 Å². The summed E-state index contributed by atoms with van der Waals surface area (Å²) in [7, 11) is 1.89. The van der Waals surface area contributed by atoms with Crippen molar-refractivity contribution >= 4 is 0 Å². The third-order valence-corrected chi connectivity index (χ3v) is 2.23. The number of likely N-dealkylation sites (N-methyl/N-ethyl adjacent to an activating group) is 1. The Bertz CT molecular complexity index is 385. The summed E-state index contributed by atoms with van der Waals surface area (Å²) in [6.45, 7) is 0. The van der Waals surface area contributed by atoms with Gasteiger partial charge in [0.05, 0.1) is 12.3 Å². The van der Waals surface area contributed by atoms with Gasteiger partial charge in [0.1, 0.15) is 11.6 Å². The molecule has 4 nitrogen and oxygen atoms in total. The smallest absolute Gasteiger partial charge is 0.145 e. The lowest BCUT2D eigenvalue weighted by Gasteiger charge is -2.12. The van der Waals surface area contributed by atoms with Gasteiger partial charge in [-0.1, -0.05) is 0 Å². The fourth-order valence-corrected chi connectivity index (χ4v) is 1.44. The molecule has 0 saturated carbocycles. The Hall–Kier alpha value is -1.68. The van der Waals surface area contributed by atoms with Gasteiger partial charge in [0.15, 0.2) is 0 Å². The molecule has 2 heterocycles. The summed E-state index contributed by atoms with van der Waals surface area (Å²) in [6, 6.07) is 5.74. The van der Waals surface area contributed by atoms with Crippen LogP contribution in [0.25, 0.3) is 0 Å². The van der Waals surface area contributed by atoms with E-state index in [1.807, 2.05) is 25.2 Å². The van der Waals surface area contributed by atoms with Gasteiger partial charge in [0, 0.05) is 18.8 Å². The maximum Gasteiger partial charge on any atom is 0.145 e. The van der Waals surface area contributed by atoms with Gasteiger partial charge >= 0.3 is 0 Å². The van der Waals surface area contributed by atoms with E-state index in [-0.39, 0.29) is 6.04 Å². The van der Waals surface area contributed by atoms with Gasteiger partial charge in [-0.2, -0.15) is 0 Å². The molecule has 1 N–H and O–H groups in total. The standard InChI is InChI=1S/C11H13N3O/c1-12-10(8-9-4-2-7-15-9)11-13-5-3-6-14-11/h2-7,10,12H,8H2,1H3. The maximum absolute atomic E-state index is 5.29. The molecule has 0 aliphatic rings. The molecule has 0 saturated heterocycles. The minimum atomic E-state index is 0.0948. The summed E-state index contributed by atoms with van der Waals surface area (Å²) in [6.07, 6.45) is 5.92. The van der Waals surface area contributed by atoms with Crippen LogP contribution in [0.2, 0.25) is 0 Å². The number of hydrogen-bond donors (Lipinski definition) is 1. The maximum atomic E-state index is 5.29. The Morgan fingerprint density at radius 2 is 2.13 bits per heavy atom. The quantitative estimate of drug-likeness (QED) is 0.819. The topological polar surface area (TPSA) is 51.0 Å². The normalized spacial score (nSPS) is 12.6. The second-order valence-corrected chi connectivity index (χ2v) is 3.23. The SMILES string of the molecule is CNC(Cc1ccco1)c1ncccn1.